The maximum absolute atomic E-state index is 11.9. The second-order valence-corrected chi connectivity index (χ2v) is 7.97. The molecular formula is C24H21ClN2O3. The quantitative estimate of drug-likeness (QED) is 0.572. The van der Waals surface area contributed by atoms with E-state index in [1.807, 2.05) is 30.3 Å². The molecule has 6 heteroatoms. The van der Waals surface area contributed by atoms with Gasteiger partial charge in [-0.3, -0.25) is 4.98 Å². The van der Waals surface area contributed by atoms with Crippen molar-refractivity contribution in [3.63, 3.8) is 0 Å². The normalized spacial score (nSPS) is 29.9. The van der Waals surface area contributed by atoms with E-state index in [4.69, 9.17) is 16.3 Å². The zero-order chi connectivity index (χ0) is 21.5. The average molecular weight is 421 g/mol. The minimum absolute atomic E-state index is 0.235. The van der Waals surface area contributed by atoms with E-state index in [0.29, 0.717) is 21.9 Å². The fourth-order valence-electron chi connectivity index (χ4n) is 4.62. The molecule has 0 spiro atoms. The Morgan fingerprint density at radius 3 is 2.77 bits per heavy atom. The Hall–Kier alpha value is -2.91. The van der Waals surface area contributed by atoms with Crippen LogP contribution in [0, 0.1) is 11.3 Å². The van der Waals surface area contributed by atoms with E-state index in [9.17, 15) is 15.5 Å². The molecule has 0 radical (unpaired) electrons. The molecule has 0 saturated heterocycles. The molecule has 152 valence electrons. The van der Waals surface area contributed by atoms with Crippen LogP contribution in [0.2, 0.25) is 5.02 Å². The van der Waals surface area contributed by atoms with Crippen LogP contribution in [0.25, 0.3) is 0 Å². The van der Waals surface area contributed by atoms with Crippen LogP contribution < -0.4 is 4.74 Å². The maximum Gasteiger partial charge on any atom is 0.180 e. The number of hydrogen-bond donors (Lipinski definition) is 2. The van der Waals surface area contributed by atoms with Gasteiger partial charge in [0.25, 0.3) is 0 Å². The molecule has 1 saturated carbocycles. The summed E-state index contributed by atoms with van der Waals surface area (Å²) in [6, 6.07) is 13.2. The summed E-state index contributed by atoms with van der Waals surface area (Å²) < 4.78 is 6.39. The zero-order valence-electron chi connectivity index (χ0n) is 16.4. The largest absolute Gasteiger partial charge is 0.476 e. The Balaban J connectivity index is 1.92. The Morgan fingerprint density at radius 2 is 2.10 bits per heavy atom. The molecule has 2 heterocycles. The van der Waals surface area contributed by atoms with E-state index in [0.717, 1.165) is 5.56 Å². The summed E-state index contributed by atoms with van der Waals surface area (Å²) in [6.07, 6.45) is 5.50. The fraction of sp³-hybridized carbons (Fsp3) is 0.250. The van der Waals surface area contributed by atoms with Gasteiger partial charge in [-0.25, -0.2) is 0 Å². The Morgan fingerprint density at radius 1 is 1.37 bits per heavy atom. The van der Waals surface area contributed by atoms with E-state index < -0.39 is 23.2 Å². The maximum atomic E-state index is 11.9. The number of ether oxygens (including phenoxy) is 1. The highest BCUT2D eigenvalue weighted by molar-refractivity contribution is 6.30. The van der Waals surface area contributed by atoms with Crippen LogP contribution in [0.1, 0.15) is 30.5 Å². The summed E-state index contributed by atoms with van der Waals surface area (Å²) in [4.78, 5) is 4.31. The number of aliphatic hydroxyl groups excluding tert-OH is 1. The summed E-state index contributed by atoms with van der Waals surface area (Å²) in [5.74, 6) is -0.0919. The van der Waals surface area contributed by atoms with Gasteiger partial charge in [-0.2, -0.15) is 5.26 Å². The summed E-state index contributed by atoms with van der Waals surface area (Å²) in [7, 11) is 0. The topological polar surface area (TPSA) is 86.4 Å². The standard InChI is InChI=1S/C24H21ClN2O3/c1-3-16(13-26)10-9-15(2)24-19(17-7-5-4-6-8-17)12-21(28)23(24,29)22-20(30-24)11-18(25)14-27-22/h3-11,14,19,21,28-29H,2,12H2,1H3/b10-9-,16-3+/t19-,21+,23+,24-/m0/s1. The van der Waals surface area contributed by atoms with Crippen LogP contribution in [0.4, 0.5) is 0 Å². The van der Waals surface area contributed by atoms with Crippen molar-refractivity contribution in [1.82, 2.24) is 4.98 Å². The lowest BCUT2D eigenvalue weighted by molar-refractivity contribution is -0.128. The van der Waals surface area contributed by atoms with Gasteiger partial charge in [0.15, 0.2) is 11.2 Å². The molecule has 1 aliphatic heterocycles. The number of aliphatic hydroxyl groups is 2. The number of hydrogen-bond acceptors (Lipinski definition) is 5. The van der Waals surface area contributed by atoms with Gasteiger partial charge in [0, 0.05) is 23.8 Å². The fourth-order valence-corrected chi connectivity index (χ4v) is 4.76. The molecule has 1 fully saturated rings. The van der Waals surface area contributed by atoms with E-state index in [1.54, 1.807) is 31.2 Å². The van der Waals surface area contributed by atoms with Crippen LogP contribution in [0.3, 0.4) is 0 Å². The first-order valence-corrected chi connectivity index (χ1v) is 10.0. The molecular weight excluding hydrogens is 400 g/mol. The third-order valence-corrected chi connectivity index (χ3v) is 6.24. The number of nitrogens with zero attached hydrogens (tertiary/aromatic N) is 2. The van der Waals surface area contributed by atoms with Gasteiger partial charge in [0.05, 0.1) is 17.2 Å². The van der Waals surface area contributed by atoms with E-state index in [2.05, 4.69) is 17.6 Å². The summed E-state index contributed by atoms with van der Waals surface area (Å²) in [5.41, 5.74) is -1.22. The number of halogens is 1. The smallest absolute Gasteiger partial charge is 0.180 e. The monoisotopic (exact) mass is 420 g/mol. The molecule has 2 N–H and O–H groups in total. The average Bonchev–Trinajstić information content (AvgIpc) is 3.14. The van der Waals surface area contributed by atoms with Gasteiger partial charge in [-0.15, -0.1) is 0 Å². The van der Waals surface area contributed by atoms with Crippen LogP contribution in [-0.4, -0.2) is 26.9 Å². The molecule has 0 amide bonds. The number of pyridine rings is 1. The van der Waals surface area contributed by atoms with Crippen molar-refractivity contribution < 1.29 is 14.9 Å². The first-order chi connectivity index (χ1) is 14.4. The van der Waals surface area contributed by atoms with Gasteiger partial charge in [-0.05, 0) is 30.6 Å². The summed E-state index contributed by atoms with van der Waals surface area (Å²) in [5, 5.41) is 32.6. The van der Waals surface area contributed by atoms with Crippen molar-refractivity contribution in [2.75, 3.05) is 0 Å². The highest BCUT2D eigenvalue weighted by Crippen LogP contribution is 2.64. The van der Waals surface area contributed by atoms with Gasteiger partial charge >= 0.3 is 0 Å². The SMILES string of the molecule is C=C(/C=C\C(C#N)=C/C)[C@@]12Oc3cc(Cl)cnc3[C@]1(O)[C@H](O)C[C@H]2c1ccccc1. The predicted octanol–water partition coefficient (Wildman–Crippen LogP) is 4.18. The van der Waals surface area contributed by atoms with Crippen molar-refractivity contribution in [1.29, 1.82) is 5.26 Å². The van der Waals surface area contributed by atoms with Gasteiger partial charge in [0.1, 0.15) is 11.4 Å². The van der Waals surface area contributed by atoms with Crippen LogP contribution >= 0.6 is 11.6 Å². The molecule has 30 heavy (non-hydrogen) atoms. The second-order valence-electron chi connectivity index (χ2n) is 7.53. The molecule has 2 aliphatic rings. The molecule has 0 bridgehead atoms. The minimum atomic E-state index is -1.82. The van der Waals surface area contributed by atoms with Gasteiger partial charge in [0.2, 0.25) is 0 Å². The molecule has 4 rings (SSSR count). The molecule has 1 aliphatic carbocycles. The van der Waals surface area contributed by atoms with Crippen molar-refractivity contribution in [3.8, 4) is 11.8 Å². The zero-order valence-corrected chi connectivity index (χ0v) is 17.2. The molecule has 0 unspecified atom stereocenters. The number of fused-ring (bicyclic) bond motifs is 3. The van der Waals surface area contributed by atoms with E-state index >= 15 is 0 Å². The van der Waals surface area contributed by atoms with Gasteiger partial charge < -0.3 is 14.9 Å². The van der Waals surface area contributed by atoms with Crippen molar-refractivity contribution >= 4 is 11.6 Å². The minimum Gasteiger partial charge on any atom is -0.476 e. The molecule has 1 aromatic heterocycles. The molecule has 1 aromatic carbocycles. The molecule has 5 nitrogen and oxygen atoms in total. The first-order valence-electron chi connectivity index (χ1n) is 9.62. The number of rotatable bonds is 4. The third kappa shape index (κ3) is 2.73. The second kappa shape index (κ2) is 7.41. The first kappa shape index (κ1) is 20.4. The molecule has 4 atom stereocenters. The number of aromatic nitrogens is 1. The number of allylic oxidation sites excluding steroid dienone is 3. The highest BCUT2D eigenvalue weighted by Gasteiger charge is 2.73. The highest BCUT2D eigenvalue weighted by atomic mass is 35.5. The number of benzene rings is 1. The van der Waals surface area contributed by atoms with E-state index in [1.165, 1.54) is 6.20 Å². The Bertz CT molecular complexity index is 1110. The van der Waals surface area contributed by atoms with Crippen LogP contribution in [-0.2, 0) is 5.60 Å². The third-order valence-electron chi connectivity index (χ3n) is 6.03. The van der Waals surface area contributed by atoms with Gasteiger partial charge in [-0.1, -0.05) is 60.7 Å². The molecule has 2 aromatic rings. The Labute approximate surface area is 180 Å². The van der Waals surface area contributed by atoms with Crippen molar-refractivity contribution in [3.05, 3.63) is 94.8 Å². The summed E-state index contributed by atoms with van der Waals surface area (Å²) in [6.45, 7) is 5.96. The van der Waals surface area contributed by atoms with E-state index in [-0.39, 0.29) is 12.1 Å². The summed E-state index contributed by atoms with van der Waals surface area (Å²) >= 11 is 6.11. The Kier molecular flexibility index (Phi) is 5.03. The lowest BCUT2D eigenvalue weighted by Crippen LogP contribution is -2.55. The lowest BCUT2D eigenvalue weighted by atomic mass is 9.72. The predicted molar refractivity (Wildman–Crippen MR) is 114 cm³/mol. The van der Waals surface area contributed by atoms with Crippen LogP contribution in [0.5, 0.6) is 5.75 Å². The van der Waals surface area contributed by atoms with Crippen LogP contribution in [0.15, 0.2) is 78.5 Å². The van der Waals surface area contributed by atoms with Crippen molar-refractivity contribution in [2.45, 2.75) is 36.6 Å². The number of nitriles is 1. The lowest BCUT2D eigenvalue weighted by Gasteiger charge is -2.40. The van der Waals surface area contributed by atoms with Crippen molar-refractivity contribution in [2.24, 2.45) is 0 Å².